The van der Waals surface area contributed by atoms with Crippen LogP contribution in [-0.4, -0.2) is 28.1 Å². The van der Waals surface area contributed by atoms with E-state index in [0.717, 1.165) is 12.0 Å². The van der Waals surface area contributed by atoms with Crippen LogP contribution in [0.2, 0.25) is 0 Å². The van der Waals surface area contributed by atoms with Crippen molar-refractivity contribution in [1.29, 1.82) is 0 Å². The molecule has 1 aromatic rings. The Kier molecular flexibility index (Phi) is 4.61. The SMILES string of the molecule is O=C(CCc1ccccc1O)NC1CCC(C(=O)O)C1. The number of hydrogen-bond acceptors (Lipinski definition) is 3. The molecule has 5 heteroatoms. The first-order valence-corrected chi connectivity index (χ1v) is 6.85. The van der Waals surface area contributed by atoms with Gasteiger partial charge < -0.3 is 15.5 Å². The molecule has 1 saturated carbocycles. The summed E-state index contributed by atoms with van der Waals surface area (Å²) in [6.45, 7) is 0. The number of carbonyl (C=O) groups is 2. The highest BCUT2D eigenvalue weighted by atomic mass is 16.4. The molecule has 20 heavy (non-hydrogen) atoms. The van der Waals surface area contributed by atoms with Crippen LogP contribution in [0.5, 0.6) is 5.75 Å². The molecule has 0 heterocycles. The van der Waals surface area contributed by atoms with Gasteiger partial charge in [0.1, 0.15) is 5.75 Å². The van der Waals surface area contributed by atoms with Gasteiger partial charge in [0.05, 0.1) is 5.92 Å². The Balaban J connectivity index is 1.77. The number of carboxylic acids is 1. The largest absolute Gasteiger partial charge is 0.508 e. The molecule has 0 aliphatic heterocycles. The predicted octanol–water partition coefficient (Wildman–Crippen LogP) is 1.69. The molecule has 0 spiro atoms. The van der Waals surface area contributed by atoms with Gasteiger partial charge in [-0.15, -0.1) is 0 Å². The lowest BCUT2D eigenvalue weighted by atomic mass is 10.1. The van der Waals surface area contributed by atoms with Gasteiger partial charge in [-0.1, -0.05) is 18.2 Å². The normalized spacial score (nSPS) is 21.6. The van der Waals surface area contributed by atoms with Gasteiger partial charge in [0.25, 0.3) is 0 Å². The lowest BCUT2D eigenvalue weighted by molar-refractivity contribution is -0.141. The smallest absolute Gasteiger partial charge is 0.306 e. The van der Waals surface area contributed by atoms with Crippen LogP contribution < -0.4 is 5.32 Å². The maximum Gasteiger partial charge on any atom is 0.306 e. The summed E-state index contributed by atoms with van der Waals surface area (Å²) in [5, 5.41) is 21.4. The van der Waals surface area contributed by atoms with Crippen molar-refractivity contribution < 1.29 is 19.8 Å². The lowest BCUT2D eigenvalue weighted by Crippen LogP contribution is -2.33. The number of phenolic OH excluding ortho intramolecular Hbond substituents is 1. The number of carboxylic acid groups (broad SMARTS) is 1. The minimum absolute atomic E-state index is 0.0343. The fraction of sp³-hybridized carbons (Fsp3) is 0.467. The van der Waals surface area contributed by atoms with E-state index in [0.29, 0.717) is 25.7 Å². The maximum absolute atomic E-state index is 11.8. The van der Waals surface area contributed by atoms with Crippen molar-refractivity contribution in [1.82, 2.24) is 5.32 Å². The third kappa shape index (κ3) is 3.73. The van der Waals surface area contributed by atoms with Crippen LogP contribution >= 0.6 is 0 Å². The molecule has 2 rings (SSSR count). The fourth-order valence-corrected chi connectivity index (χ4v) is 2.61. The quantitative estimate of drug-likeness (QED) is 0.764. The number of phenols is 1. The van der Waals surface area contributed by atoms with Gasteiger partial charge in [-0.25, -0.2) is 0 Å². The molecule has 2 atom stereocenters. The van der Waals surface area contributed by atoms with Crippen molar-refractivity contribution >= 4 is 11.9 Å². The van der Waals surface area contributed by atoms with E-state index in [1.54, 1.807) is 18.2 Å². The van der Waals surface area contributed by atoms with E-state index in [9.17, 15) is 14.7 Å². The Hall–Kier alpha value is -2.04. The van der Waals surface area contributed by atoms with Gasteiger partial charge in [-0.05, 0) is 37.3 Å². The average Bonchev–Trinajstić information content (AvgIpc) is 2.86. The van der Waals surface area contributed by atoms with Crippen molar-refractivity contribution in [3.8, 4) is 5.75 Å². The second-order valence-electron chi connectivity index (χ2n) is 5.24. The van der Waals surface area contributed by atoms with Crippen molar-refractivity contribution in [3.63, 3.8) is 0 Å². The number of carbonyl (C=O) groups excluding carboxylic acids is 1. The van der Waals surface area contributed by atoms with Crippen molar-refractivity contribution in [2.24, 2.45) is 5.92 Å². The second-order valence-corrected chi connectivity index (χ2v) is 5.24. The highest BCUT2D eigenvalue weighted by Crippen LogP contribution is 2.25. The lowest BCUT2D eigenvalue weighted by Gasteiger charge is -2.12. The number of aromatic hydroxyl groups is 1. The monoisotopic (exact) mass is 277 g/mol. The Bertz CT molecular complexity index is 500. The van der Waals surface area contributed by atoms with Crippen LogP contribution in [0.1, 0.15) is 31.2 Å². The molecule has 2 unspecified atom stereocenters. The highest BCUT2D eigenvalue weighted by Gasteiger charge is 2.30. The van der Waals surface area contributed by atoms with Crippen LogP contribution in [0.3, 0.4) is 0 Å². The number of nitrogens with one attached hydrogen (secondary N) is 1. The Morgan fingerprint density at radius 3 is 2.65 bits per heavy atom. The first-order chi connectivity index (χ1) is 9.56. The van der Waals surface area contributed by atoms with Crippen LogP contribution in [0.15, 0.2) is 24.3 Å². The topological polar surface area (TPSA) is 86.6 Å². The summed E-state index contributed by atoms with van der Waals surface area (Å²) in [5.74, 6) is -1.01. The molecule has 0 saturated heterocycles. The van der Waals surface area contributed by atoms with Crippen molar-refractivity contribution in [3.05, 3.63) is 29.8 Å². The summed E-state index contributed by atoms with van der Waals surface area (Å²) in [4.78, 5) is 22.7. The van der Waals surface area contributed by atoms with Crippen LogP contribution in [-0.2, 0) is 16.0 Å². The molecule has 0 bridgehead atoms. The van der Waals surface area contributed by atoms with Gasteiger partial charge in [0, 0.05) is 12.5 Å². The Morgan fingerprint density at radius 2 is 2.00 bits per heavy atom. The molecule has 1 aliphatic carbocycles. The minimum Gasteiger partial charge on any atom is -0.508 e. The van der Waals surface area contributed by atoms with E-state index >= 15 is 0 Å². The van der Waals surface area contributed by atoms with Crippen LogP contribution in [0, 0.1) is 5.92 Å². The highest BCUT2D eigenvalue weighted by molar-refractivity contribution is 5.77. The van der Waals surface area contributed by atoms with Gasteiger partial charge in [0.2, 0.25) is 5.91 Å². The summed E-state index contributed by atoms with van der Waals surface area (Å²) in [7, 11) is 0. The molecule has 5 nitrogen and oxygen atoms in total. The molecule has 1 aromatic carbocycles. The number of amides is 1. The van der Waals surface area contributed by atoms with Crippen LogP contribution in [0.4, 0.5) is 0 Å². The second kappa shape index (κ2) is 6.41. The standard InChI is InChI=1S/C15H19NO4/c17-13-4-2-1-3-10(13)6-8-14(18)16-12-7-5-11(9-12)15(19)20/h1-4,11-12,17H,5-9H2,(H,16,18)(H,19,20). The van der Waals surface area contributed by atoms with Crippen LogP contribution in [0.25, 0.3) is 0 Å². The summed E-state index contributed by atoms with van der Waals surface area (Å²) in [6, 6.07) is 6.92. The first kappa shape index (κ1) is 14.4. The number of benzene rings is 1. The van der Waals surface area contributed by atoms with E-state index in [4.69, 9.17) is 5.11 Å². The van der Waals surface area contributed by atoms with Gasteiger partial charge in [-0.2, -0.15) is 0 Å². The summed E-state index contributed by atoms with van der Waals surface area (Å²) >= 11 is 0. The van der Waals surface area contributed by atoms with Crippen molar-refractivity contribution in [2.45, 2.75) is 38.1 Å². The minimum atomic E-state index is -0.782. The van der Waals surface area contributed by atoms with E-state index in [-0.39, 0.29) is 23.6 Å². The van der Waals surface area contributed by atoms with E-state index < -0.39 is 5.97 Å². The zero-order chi connectivity index (χ0) is 14.5. The molecule has 3 N–H and O–H groups in total. The zero-order valence-electron chi connectivity index (χ0n) is 11.2. The Labute approximate surface area is 117 Å². The molecule has 0 radical (unpaired) electrons. The predicted molar refractivity (Wildman–Crippen MR) is 73.3 cm³/mol. The summed E-state index contributed by atoms with van der Waals surface area (Å²) in [5.41, 5.74) is 0.748. The average molecular weight is 277 g/mol. The molecule has 1 amide bonds. The molecule has 1 fully saturated rings. The van der Waals surface area contributed by atoms with E-state index in [1.165, 1.54) is 0 Å². The van der Waals surface area contributed by atoms with E-state index in [2.05, 4.69) is 5.32 Å². The number of aliphatic carboxylic acids is 1. The molecular formula is C15H19NO4. The molecule has 0 aromatic heterocycles. The third-order valence-electron chi connectivity index (χ3n) is 3.76. The van der Waals surface area contributed by atoms with E-state index in [1.807, 2.05) is 6.07 Å². The Morgan fingerprint density at radius 1 is 1.25 bits per heavy atom. The maximum atomic E-state index is 11.8. The molecule has 1 aliphatic rings. The number of rotatable bonds is 5. The summed E-state index contributed by atoms with van der Waals surface area (Å²) < 4.78 is 0. The van der Waals surface area contributed by atoms with Gasteiger partial charge in [-0.3, -0.25) is 9.59 Å². The molecular weight excluding hydrogens is 258 g/mol. The number of hydrogen-bond donors (Lipinski definition) is 3. The zero-order valence-corrected chi connectivity index (χ0v) is 11.2. The number of aryl methyl sites for hydroxylation is 1. The van der Waals surface area contributed by atoms with Gasteiger partial charge in [0.15, 0.2) is 0 Å². The van der Waals surface area contributed by atoms with Gasteiger partial charge >= 0.3 is 5.97 Å². The number of para-hydroxylation sites is 1. The first-order valence-electron chi connectivity index (χ1n) is 6.85. The fourth-order valence-electron chi connectivity index (χ4n) is 2.61. The summed E-state index contributed by atoms with van der Waals surface area (Å²) in [6.07, 6.45) is 2.64. The molecule has 108 valence electrons. The third-order valence-corrected chi connectivity index (χ3v) is 3.76. The van der Waals surface area contributed by atoms with Crippen molar-refractivity contribution in [2.75, 3.05) is 0 Å².